The molecule has 3 heterocycles. The molecule has 8 nitrogen and oxygen atoms in total. The number of ether oxygens (including phenoxy) is 1. The largest absolute Gasteiger partial charge is 0.469 e. The second kappa shape index (κ2) is 7.78. The van der Waals surface area contributed by atoms with Crippen LogP contribution in [0, 0.1) is 12.8 Å². The van der Waals surface area contributed by atoms with Crippen LogP contribution in [0.15, 0.2) is 12.1 Å². The maximum absolute atomic E-state index is 14.3. The van der Waals surface area contributed by atoms with Crippen LogP contribution in [0.1, 0.15) is 24.2 Å². The van der Waals surface area contributed by atoms with Crippen LogP contribution in [0.2, 0.25) is 0 Å². The van der Waals surface area contributed by atoms with Gasteiger partial charge in [-0.1, -0.05) is 5.21 Å². The monoisotopic (exact) mass is 395 g/mol. The average molecular weight is 395 g/mol. The third-order valence-electron chi connectivity index (χ3n) is 4.90. The fourth-order valence-corrected chi connectivity index (χ4v) is 3.62. The van der Waals surface area contributed by atoms with Crippen LogP contribution in [0.25, 0.3) is 11.4 Å². The van der Waals surface area contributed by atoms with Crippen molar-refractivity contribution in [3.8, 4) is 11.4 Å². The van der Waals surface area contributed by atoms with Crippen LogP contribution in [0.5, 0.6) is 0 Å². The Morgan fingerprint density at radius 2 is 2.18 bits per heavy atom. The maximum atomic E-state index is 14.3. The van der Waals surface area contributed by atoms with E-state index in [-0.39, 0.29) is 19.4 Å². The molecule has 1 aliphatic heterocycles. The van der Waals surface area contributed by atoms with E-state index in [0.717, 1.165) is 0 Å². The van der Waals surface area contributed by atoms with Gasteiger partial charge < -0.3 is 14.7 Å². The second-order valence-electron chi connectivity index (χ2n) is 7.05. The summed E-state index contributed by atoms with van der Waals surface area (Å²) in [5.41, 5.74) is 2.61. The van der Waals surface area contributed by atoms with Gasteiger partial charge >= 0.3 is 5.97 Å². The number of piperidine rings is 1. The van der Waals surface area contributed by atoms with Crippen molar-refractivity contribution >= 4 is 11.7 Å². The van der Waals surface area contributed by atoms with E-state index in [1.165, 1.54) is 11.8 Å². The summed E-state index contributed by atoms with van der Waals surface area (Å²) in [6, 6.07) is 3.39. The molecule has 1 aliphatic rings. The van der Waals surface area contributed by atoms with Crippen molar-refractivity contribution in [2.24, 2.45) is 13.0 Å². The first kappa shape index (κ1) is 20.1. The fourth-order valence-electron chi connectivity index (χ4n) is 3.62. The Labute approximate surface area is 161 Å². The smallest absolute Gasteiger partial charge is 0.305 e. The number of carbonyl (C=O) groups is 1. The van der Waals surface area contributed by atoms with E-state index in [9.17, 15) is 18.7 Å². The first-order chi connectivity index (χ1) is 13.2. The molecule has 1 N–H and O–H groups in total. The molecule has 152 valence electrons. The topological polar surface area (TPSA) is 93.4 Å². The Balaban J connectivity index is 1.87. The van der Waals surface area contributed by atoms with Crippen molar-refractivity contribution in [3.05, 3.63) is 23.5 Å². The minimum absolute atomic E-state index is 0.0490. The number of nitrogens with zero attached hydrogens (tertiary/aromatic N) is 5. The van der Waals surface area contributed by atoms with Crippen molar-refractivity contribution in [3.63, 3.8) is 0 Å². The molecule has 2 aromatic heterocycles. The molecule has 0 unspecified atom stereocenters. The molecule has 0 aliphatic carbocycles. The number of pyridine rings is 1. The molecule has 1 atom stereocenters. The molecule has 0 spiro atoms. The lowest BCUT2D eigenvalue weighted by Gasteiger charge is -2.39. The number of rotatable bonds is 5. The van der Waals surface area contributed by atoms with Crippen molar-refractivity contribution in [2.75, 3.05) is 25.1 Å². The molecule has 3 rings (SSSR count). The average Bonchev–Trinajstić information content (AvgIpc) is 3.00. The first-order valence-corrected chi connectivity index (χ1v) is 8.91. The SMILES string of the molecule is COC(=O)C[C@@H]1CN(c2ccc(-c3nnn(C)c3CO)nc2C)CC(F)(F)C1. The summed E-state index contributed by atoms with van der Waals surface area (Å²) in [5.74, 6) is -3.90. The summed E-state index contributed by atoms with van der Waals surface area (Å²) in [6.07, 6.45) is -0.394. The number of aryl methyl sites for hydroxylation is 2. The van der Waals surface area contributed by atoms with Crippen molar-refractivity contribution in [1.82, 2.24) is 20.0 Å². The van der Waals surface area contributed by atoms with Gasteiger partial charge in [-0.15, -0.1) is 5.10 Å². The first-order valence-electron chi connectivity index (χ1n) is 8.91. The molecule has 2 aromatic rings. The number of aliphatic hydroxyl groups excluding tert-OH is 1. The number of hydrogen-bond donors (Lipinski definition) is 1. The van der Waals surface area contributed by atoms with Crippen molar-refractivity contribution < 1.29 is 23.4 Å². The number of anilines is 1. The standard InChI is InChI=1S/C18H23F2N5O3/c1-11-14(5-4-13(21-11)17-15(9-26)24(2)23-22-17)25-8-12(6-16(27)28-3)7-18(19,20)10-25/h4-5,12,26H,6-10H2,1-3H3/t12-/m0/s1. The summed E-state index contributed by atoms with van der Waals surface area (Å²) < 4.78 is 34.6. The predicted octanol–water partition coefficient (Wildman–Crippen LogP) is 1.70. The number of halogens is 2. The van der Waals surface area contributed by atoms with Crippen LogP contribution >= 0.6 is 0 Å². The van der Waals surface area contributed by atoms with E-state index in [1.807, 2.05) is 0 Å². The number of hydrogen-bond acceptors (Lipinski definition) is 7. The van der Waals surface area contributed by atoms with E-state index in [2.05, 4.69) is 20.0 Å². The highest BCUT2D eigenvalue weighted by atomic mass is 19.3. The number of methoxy groups -OCH3 is 1. The summed E-state index contributed by atoms with van der Waals surface area (Å²) in [6.45, 7) is 1.38. The zero-order valence-corrected chi connectivity index (χ0v) is 16.0. The molecular weight excluding hydrogens is 372 g/mol. The zero-order valence-electron chi connectivity index (χ0n) is 16.0. The van der Waals surface area contributed by atoms with E-state index in [4.69, 9.17) is 0 Å². The molecule has 28 heavy (non-hydrogen) atoms. The summed E-state index contributed by atoms with van der Waals surface area (Å²) in [7, 11) is 2.92. The number of aliphatic hydroxyl groups is 1. The van der Waals surface area contributed by atoms with Gasteiger partial charge in [-0.05, 0) is 25.0 Å². The van der Waals surface area contributed by atoms with Crippen LogP contribution in [0.3, 0.4) is 0 Å². The van der Waals surface area contributed by atoms with Gasteiger partial charge in [0.2, 0.25) is 0 Å². The number of aromatic nitrogens is 4. The predicted molar refractivity (Wildman–Crippen MR) is 96.8 cm³/mol. The van der Waals surface area contributed by atoms with Crippen molar-refractivity contribution in [2.45, 2.75) is 32.3 Å². The minimum Gasteiger partial charge on any atom is -0.469 e. The summed E-state index contributed by atoms with van der Waals surface area (Å²) >= 11 is 0. The minimum atomic E-state index is -2.91. The molecule has 0 bridgehead atoms. The Bertz CT molecular complexity index is 871. The van der Waals surface area contributed by atoms with Gasteiger partial charge in [0.25, 0.3) is 5.92 Å². The molecular formula is C18H23F2N5O3. The summed E-state index contributed by atoms with van der Waals surface area (Å²) in [5, 5.41) is 17.4. The van der Waals surface area contributed by atoms with Crippen LogP contribution < -0.4 is 4.90 Å². The number of esters is 1. The van der Waals surface area contributed by atoms with E-state index < -0.39 is 24.4 Å². The summed E-state index contributed by atoms with van der Waals surface area (Å²) in [4.78, 5) is 17.6. The number of alkyl halides is 2. The van der Waals surface area contributed by atoms with Crippen LogP contribution in [-0.4, -0.2) is 57.2 Å². The molecule has 1 fully saturated rings. The van der Waals surface area contributed by atoms with Crippen molar-refractivity contribution in [1.29, 1.82) is 0 Å². The van der Waals surface area contributed by atoms with Crippen LogP contribution in [-0.2, 0) is 23.2 Å². The Morgan fingerprint density at radius 1 is 1.43 bits per heavy atom. The number of carbonyl (C=O) groups excluding carboxylic acids is 1. The van der Waals surface area contributed by atoms with Gasteiger partial charge in [-0.3, -0.25) is 4.79 Å². The second-order valence-corrected chi connectivity index (χ2v) is 7.05. The normalized spacial score (nSPS) is 18.9. The Morgan fingerprint density at radius 3 is 2.82 bits per heavy atom. The maximum Gasteiger partial charge on any atom is 0.305 e. The van der Waals surface area contributed by atoms with Gasteiger partial charge in [-0.2, -0.15) is 0 Å². The third kappa shape index (κ3) is 4.11. The highest BCUT2D eigenvalue weighted by Crippen LogP contribution is 2.36. The van der Waals surface area contributed by atoms with Gasteiger partial charge in [0, 0.05) is 20.0 Å². The molecule has 0 amide bonds. The lowest BCUT2D eigenvalue weighted by Crippen LogP contribution is -2.48. The molecule has 1 saturated heterocycles. The fraction of sp³-hybridized carbons (Fsp3) is 0.556. The Hall–Kier alpha value is -2.62. The molecule has 0 aromatic carbocycles. The van der Waals surface area contributed by atoms with E-state index in [0.29, 0.717) is 35.0 Å². The Kier molecular flexibility index (Phi) is 5.59. The zero-order chi connectivity index (χ0) is 20.5. The molecule has 0 saturated carbocycles. The van der Waals surface area contributed by atoms with Gasteiger partial charge in [0.1, 0.15) is 5.69 Å². The molecule has 10 heteroatoms. The molecule has 0 radical (unpaired) electrons. The highest BCUT2D eigenvalue weighted by Gasteiger charge is 2.41. The van der Waals surface area contributed by atoms with Crippen LogP contribution in [0.4, 0.5) is 14.5 Å². The van der Waals surface area contributed by atoms with E-state index in [1.54, 1.807) is 31.0 Å². The van der Waals surface area contributed by atoms with E-state index >= 15 is 0 Å². The quantitative estimate of drug-likeness (QED) is 0.770. The third-order valence-corrected chi connectivity index (χ3v) is 4.90. The van der Waals surface area contributed by atoms with Gasteiger partial charge in [-0.25, -0.2) is 18.4 Å². The lowest BCUT2D eigenvalue weighted by atomic mass is 9.91. The van der Waals surface area contributed by atoms with Gasteiger partial charge in [0.05, 0.1) is 49.5 Å². The lowest BCUT2D eigenvalue weighted by molar-refractivity contribution is -0.142. The van der Waals surface area contributed by atoms with Gasteiger partial charge in [0.15, 0.2) is 0 Å². The highest BCUT2D eigenvalue weighted by molar-refractivity contribution is 5.69.